The van der Waals surface area contributed by atoms with Gasteiger partial charge in [0, 0.05) is 19.3 Å². The van der Waals surface area contributed by atoms with Gasteiger partial charge >= 0.3 is 0 Å². The Bertz CT molecular complexity index is 456. The van der Waals surface area contributed by atoms with Crippen molar-refractivity contribution in [2.45, 2.75) is 50.9 Å². The van der Waals surface area contributed by atoms with Crippen LogP contribution in [0.5, 0.6) is 0 Å². The van der Waals surface area contributed by atoms with Crippen molar-refractivity contribution in [3.8, 4) is 0 Å². The highest BCUT2D eigenvalue weighted by atomic mass is 127. The predicted octanol–water partition coefficient (Wildman–Crippen LogP) is 0.914. The normalized spacial score (nSPS) is 28.3. The van der Waals surface area contributed by atoms with Crippen LogP contribution in [-0.4, -0.2) is 57.7 Å². The van der Waals surface area contributed by atoms with Gasteiger partial charge in [0.05, 0.1) is 24.0 Å². The van der Waals surface area contributed by atoms with Gasteiger partial charge in [0.15, 0.2) is 5.96 Å². The second-order valence-corrected chi connectivity index (χ2v) is 7.86. The Hall–Kier alpha value is -0.0900. The zero-order chi connectivity index (χ0) is 14.6. The Morgan fingerprint density at radius 2 is 2.14 bits per heavy atom. The van der Waals surface area contributed by atoms with Crippen LogP contribution < -0.4 is 10.6 Å². The molecule has 2 heterocycles. The smallest absolute Gasteiger partial charge is 0.191 e. The molecule has 0 aliphatic carbocycles. The van der Waals surface area contributed by atoms with Crippen LogP contribution in [0.1, 0.15) is 32.6 Å². The molecule has 2 rings (SSSR count). The lowest BCUT2D eigenvalue weighted by molar-refractivity contribution is 0.0992. The van der Waals surface area contributed by atoms with Crippen LogP contribution in [0.15, 0.2) is 4.99 Å². The molecule has 21 heavy (non-hydrogen) atoms. The fourth-order valence-electron chi connectivity index (χ4n) is 2.80. The summed E-state index contributed by atoms with van der Waals surface area (Å²) < 4.78 is 28.0. The molecule has 124 valence electrons. The molecule has 2 fully saturated rings. The van der Waals surface area contributed by atoms with Crippen molar-refractivity contribution in [1.82, 2.24) is 10.6 Å². The molecule has 0 aromatic rings. The molecular weight excluding hydrogens is 405 g/mol. The number of nitrogens with one attached hydrogen (secondary N) is 2. The molecule has 2 saturated heterocycles. The second kappa shape index (κ2) is 8.52. The molecule has 0 saturated carbocycles. The highest BCUT2D eigenvalue weighted by molar-refractivity contribution is 14.0. The van der Waals surface area contributed by atoms with Crippen molar-refractivity contribution in [1.29, 1.82) is 0 Å². The summed E-state index contributed by atoms with van der Waals surface area (Å²) in [6, 6.07) is 0.335. The third kappa shape index (κ3) is 6.27. The van der Waals surface area contributed by atoms with E-state index in [-0.39, 0.29) is 29.7 Å². The fraction of sp³-hybridized carbons (Fsp3) is 0.923. The number of ether oxygens (including phenoxy) is 1. The number of halogens is 1. The van der Waals surface area contributed by atoms with E-state index in [0.717, 1.165) is 25.3 Å². The van der Waals surface area contributed by atoms with Crippen LogP contribution in [0.4, 0.5) is 0 Å². The van der Waals surface area contributed by atoms with Crippen molar-refractivity contribution in [3.63, 3.8) is 0 Å². The van der Waals surface area contributed by atoms with E-state index in [1.165, 1.54) is 12.7 Å². The van der Waals surface area contributed by atoms with E-state index in [9.17, 15) is 8.42 Å². The minimum atomic E-state index is -2.89. The average Bonchev–Trinajstić information content (AvgIpc) is 2.95. The monoisotopic (exact) mass is 431 g/mol. The molecule has 3 unspecified atom stereocenters. The van der Waals surface area contributed by atoms with Gasteiger partial charge in [-0.3, -0.25) is 4.99 Å². The maximum Gasteiger partial charge on any atom is 0.191 e. The van der Waals surface area contributed by atoms with Gasteiger partial charge in [0.1, 0.15) is 9.84 Å². The van der Waals surface area contributed by atoms with Crippen molar-refractivity contribution in [2.75, 3.05) is 25.1 Å². The van der Waals surface area contributed by atoms with E-state index >= 15 is 0 Å². The molecule has 2 bridgehead atoms. The minimum absolute atomic E-state index is 0. The third-order valence-corrected chi connectivity index (χ3v) is 4.75. The lowest BCUT2D eigenvalue weighted by Crippen LogP contribution is -2.47. The number of fused-ring (bicyclic) bond motifs is 2. The first-order valence-corrected chi connectivity index (χ1v) is 9.42. The molecule has 3 atom stereocenters. The minimum Gasteiger partial charge on any atom is -0.373 e. The Balaban J connectivity index is 0.00000220. The van der Waals surface area contributed by atoms with Crippen molar-refractivity contribution >= 4 is 39.8 Å². The SMILES string of the molecule is CCNC(=NCCCS(C)(=O)=O)NC1CC2CCC1O2.I. The maximum absolute atomic E-state index is 11.1. The molecule has 0 spiro atoms. The first-order valence-electron chi connectivity index (χ1n) is 7.36. The van der Waals surface area contributed by atoms with Gasteiger partial charge in [-0.25, -0.2) is 8.42 Å². The Morgan fingerprint density at radius 3 is 2.67 bits per heavy atom. The van der Waals surface area contributed by atoms with Crippen LogP contribution in [0.25, 0.3) is 0 Å². The van der Waals surface area contributed by atoms with Gasteiger partial charge in [-0.1, -0.05) is 0 Å². The van der Waals surface area contributed by atoms with E-state index in [2.05, 4.69) is 15.6 Å². The van der Waals surface area contributed by atoms with Gasteiger partial charge in [-0.2, -0.15) is 0 Å². The maximum atomic E-state index is 11.1. The van der Waals surface area contributed by atoms with Crippen LogP contribution in [0, 0.1) is 0 Å². The summed E-state index contributed by atoms with van der Waals surface area (Å²) in [5.74, 6) is 0.954. The van der Waals surface area contributed by atoms with Gasteiger partial charge < -0.3 is 15.4 Å². The summed E-state index contributed by atoms with van der Waals surface area (Å²) >= 11 is 0. The van der Waals surface area contributed by atoms with E-state index in [1.807, 2.05) is 6.92 Å². The van der Waals surface area contributed by atoms with E-state index < -0.39 is 9.84 Å². The molecule has 0 radical (unpaired) electrons. The summed E-state index contributed by atoms with van der Waals surface area (Å²) in [6.45, 7) is 3.33. The Labute approximate surface area is 144 Å². The predicted molar refractivity (Wildman–Crippen MR) is 95.2 cm³/mol. The van der Waals surface area contributed by atoms with Crippen LogP contribution >= 0.6 is 24.0 Å². The van der Waals surface area contributed by atoms with Gasteiger partial charge in [-0.15, -0.1) is 24.0 Å². The lowest BCUT2D eigenvalue weighted by Gasteiger charge is -2.22. The van der Waals surface area contributed by atoms with Gasteiger partial charge in [0.2, 0.25) is 0 Å². The first-order chi connectivity index (χ1) is 9.48. The largest absolute Gasteiger partial charge is 0.373 e. The van der Waals surface area contributed by atoms with E-state index in [1.54, 1.807) is 0 Å². The zero-order valence-electron chi connectivity index (χ0n) is 12.7. The summed E-state index contributed by atoms with van der Waals surface area (Å²) in [6.07, 6.45) is 5.86. The topological polar surface area (TPSA) is 79.8 Å². The number of aliphatic imine (C=N–C) groups is 1. The van der Waals surface area contributed by atoms with Gasteiger partial charge in [-0.05, 0) is 32.6 Å². The molecule has 2 aliphatic rings. The van der Waals surface area contributed by atoms with Crippen LogP contribution in [0.2, 0.25) is 0 Å². The lowest BCUT2D eigenvalue weighted by atomic mass is 9.96. The fourth-order valence-corrected chi connectivity index (χ4v) is 3.46. The average molecular weight is 431 g/mol. The zero-order valence-corrected chi connectivity index (χ0v) is 15.8. The molecule has 2 N–H and O–H groups in total. The number of sulfone groups is 1. The molecule has 0 aromatic heterocycles. The number of rotatable bonds is 6. The summed E-state index contributed by atoms with van der Waals surface area (Å²) in [4.78, 5) is 4.44. The molecule has 8 heteroatoms. The quantitative estimate of drug-likeness (QED) is 0.283. The summed E-state index contributed by atoms with van der Waals surface area (Å²) in [5, 5.41) is 6.61. The van der Waals surface area contributed by atoms with Crippen molar-refractivity contribution in [2.24, 2.45) is 4.99 Å². The third-order valence-electron chi connectivity index (χ3n) is 3.72. The standard InChI is InChI=1S/C13H25N3O3S.HI/c1-3-14-13(15-7-4-8-20(2,17)18)16-11-9-10-5-6-12(11)19-10;/h10-12H,3-9H2,1-2H3,(H2,14,15,16);1H. The van der Waals surface area contributed by atoms with Crippen LogP contribution in [0.3, 0.4) is 0 Å². The molecule has 0 amide bonds. The van der Waals surface area contributed by atoms with Crippen molar-refractivity contribution in [3.05, 3.63) is 0 Å². The molecular formula is C13H26IN3O3S. The van der Waals surface area contributed by atoms with Crippen LogP contribution in [-0.2, 0) is 14.6 Å². The molecule has 6 nitrogen and oxygen atoms in total. The molecule has 0 aromatic carbocycles. The highest BCUT2D eigenvalue weighted by Gasteiger charge is 2.41. The second-order valence-electron chi connectivity index (χ2n) is 5.60. The summed E-state index contributed by atoms with van der Waals surface area (Å²) in [7, 11) is -2.89. The van der Waals surface area contributed by atoms with E-state index in [0.29, 0.717) is 31.2 Å². The Kier molecular flexibility index (Phi) is 7.69. The van der Waals surface area contributed by atoms with Crippen molar-refractivity contribution < 1.29 is 13.2 Å². The number of hydrogen-bond donors (Lipinski definition) is 2. The number of hydrogen-bond acceptors (Lipinski definition) is 4. The summed E-state index contributed by atoms with van der Waals surface area (Å²) in [5.41, 5.74) is 0. The Morgan fingerprint density at radius 1 is 1.38 bits per heavy atom. The first kappa shape index (κ1) is 19.0. The van der Waals surface area contributed by atoms with E-state index in [4.69, 9.17) is 4.74 Å². The van der Waals surface area contributed by atoms with Gasteiger partial charge in [0.25, 0.3) is 0 Å². The molecule has 2 aliphatic heterocycles. The number of guanidine groups is 1. The number of nitrogens with zero attached hydrogens (tertiary/aromatic N) is 1. The highest BCUT2D eigenvalue weighted by Crippen LogP contribution is 2.34.